The summed E-state index contributed by atoms with van der Waals surface area (Å²) in [5, 5.41) is 0. The van der Waals surface area contributed by atoms with Gasteiger partial charge in [0.25, 0.3) is 0 Å². The Labute approximate surface area is 143 Å². The Hall–Kier alpha value is -1.31. The molecule has 0 atom stereocenters. The molecule has 2 nitrogen and oxygen atoms in total. The predicted molar refractivity (Wildman–Crippen MR) is 101 cm³/mol. The first-order chi connectivity index (χ1) is 11.3. The van der Waals surface area contributed by atoms with Gasteiger partial charge in [0.05, 0.1) is 7.11 Å². The van der Waals surface area contributed by atoms with Gasteiger partial charge >= 0.3 is 5.97 Å². The van der Waals surface area contributed by atoms with Gasteiger partial charge in [-0.3, -0.25) is 0 Å². The van der Waals surface area contributed by atoms with E-state index in [2.05, 4.69) is 17.7 Å². The molecular formula is C21H36O2. The van der Waals surface area contributed by atoms with Crippen LogP contribution in [0, 0.1) is 0 Å². The maximum absolute atomic E-state index is 10.8. The lowest BCUT2D eigenvalue weighted by Gasteiger charge is -2.01. The first-order valence-electron chi connectivity index (χ1n) is 9.39. The van der Waals surface area contributed by atoms with Gasteiger partial charge in [-0.2, -0.15) is 0 Å². The topological polar surface area (TPSA) is 26.3 Å². The van der Waals surface area contributed by atoms with Crippen molar-refractivity contribution in [3.05, 3.63) is 36.5 Å². The molecule has 0 bridgehead atoms. The number of allylic oxidation sites excluding steroid dienone is 5. The Kier molecular flexibility index (Phi) is 17.7. The molecule has 0 aliphatic heterocycles. The Morgan fingerprint density at radius 2 is 1.26 bits per heavy atom. The second-order valence-electron chi connectivity index (χ2n) is 6.02. The Bertz CT molecular complexity index is 340. The first-order valence-corrected chi connectivity index (χ1v) is 9.39. The zero-order valence-corrected chi connectivity index (χ0v) is 15.3. The van der Waals surface area contributed by atoms with Crippen molar-refractivity contribution in [3.63, 3.8) is 0 Å². The summed E-state index contributed by atoms with van der Waals surface area (Å²) in [6, 6.07) is 0. The van der Waals surface area contributed by atoms with E-state index >= 15 is 0 Å². The number of carbonyl (C=O) groups excluding carboxylic acids is 1. The summed E-state index contributed by atoms with van der Waals surface area (Å²) < 4.78 is 4.50. The molecule has 0 saturated heterocycles. The largest absolute Gasteiger partial charge is 0.466 e. The van der Waals surface area contributed by atoms with E-state index in [4.69, 9.17) is 0 Å². The van der Waals surface area contributed by atoms with Crippen LogP contribution < -0.4 is 0 Å². The molecule has 0 heterocycles. The van der Waals surface area contributed by atoms with Gasteiger partial charge in [0, 0.05) is 6.08 Å². The number of carbonyl (C=O) groups is 1. The van der Waals surface area contributed by atoms with Crippen LogP contribution in [-0.4, -0.2) is 13.1 Å². The number of unbranched alkanes of at least 4 members (excludes halogenated alkanes) is 11. The van der Waals surface area contributed by atoms with Crippen LogP contribution in [0.4, 0.5) is 0 Å². The molecule has 0 N–H and O–H groups in total. The minimum Gasteiger partial charge on any atom is -0.466 e. The molecule has 2 heteroatoms. The van der Waals surface area contributed by atoms with E-state index in [0.717, 1.165) is 6.42 Å². The fourth-order valence-electron chi connectivity index (χ4n) is 2.43. The quantitative estimate of drug-likeness (QED) is 0.148. The zero-order chi connectivity index (χ0) is 17.0. The molecule has 132 valence electrons. The molecule has 0 aliphatic rings. The highest BCUT2D eigenvalue weighted by Gasteiger charge is 1.92. The van der Waals surface area contributed by atoms with Gasteiger partial charge in [0.1, 0.15) is 0 Å². The van der Waals surface area contributed by atoms with E-state index in [1.807, 2.05) is 18.2 Å². The molecule has 0 aromatic carbocycles. The van der Waals surface area contributed by atoms with Crippen LogP contribution in [0.25, 0.3) is 0 Å². The molecule has 0 aliphatic carbocycles. The number of hydrogen-bond donors (Lipinski definition) is 0. The molecule has 0 unspecified atom stereocenters. The van der Waals surface area contributed by atoms with Crippen molar-refractivity contribution in [2.24, 2.45) is 0 Å². The minimum absolute atomic E-state index is 0.320. The third-order valence-electron chi connectivity index (χ3n) is 3.88. The number of esters is 1. The van der Waals surface area contributed by atoms with Crippen molar-refractivity contribution in [1.29, 1.82) is 0 Å². The third-order valence-corrected chi connectivity index (χ3v) is 3.88. The summed E-state index contributed by atoms with van der Waals surface area (Å²) in [5.41, 5.74) is 0. The van der Waals surface area contributed by atoms with E-state index in [0.29, 0.717) is 0 Å². The SMILES string of the molecule is CCCCCCCCCCCCCC=CC=CC=CC(=O)OC. The highest BCUT2D eigenvalue weighted by Crippen LogP contribution is 2.11. The van der Waals surface area contributed by atoms with Gasteiger partial charge in [0.2, 0.25) is 0 Å². The lowest BCUT2D eigenvalue weighted by atomic mass is 10.1. The first kappa shape index (κ1) is 21.7. The van der Waals surface area contributed by atoms with Gasteiger partial charge in [-0.15, -0.1) is 0 Å². The lowest BCUT2D eigenvalue weighted by molar-refractivity contribution is -0.134. The van der Waals surface area contributed by atoms with E-state index in [9.17, 15) is 4.79 Å². The average molecular weight is 321 g/mol. The van der Waals surface area contributed by atoms with Crippen molar-refractivity contribution in [3.8, 4) is 0 Å². The molecule has 0 rings (SSSR count). The Morgan fingerprint density at radius 3 is 1.83 bits per heavy atom. The second kappa shape index (κ2) is 18.7. The summed E-state index contributed by atoms with van der Waals surface area (Å²) in [5.74, 6) is -0.320. The normalized spacial score (nSPS) is 11.9. The van der Waals surface area contributed by atoms with Crippen LogP contribution in [0.3, 0.4) is 0 Å². The highest BCUT2D eigenvalue weighted by molar-refractivity contribution is 5.82. The number of rotatable bonds is 15. The highest BCUT2D eigenvalue weighted by atomic mass is 16.5. The van der Waals surface area contributed by atoms with Crippen molar-refractivity contribution in [2.75, 3.05) is 7.11 Å². The van der Waals surface area contributed by atoms with Gasteiger partial charge < -0.3 is 4.74 Å². The Balaban J connectivity index is 3.26. The fourth-order valence-corrected chi connectivity index (χ4v) is 2.43. The third kappa shape index (κ3) is 18.6. The summed E-state index contributed by atoms with van der Waals surface area (Å²) in [4.78, 5) is 10.8. The van der Waals surface area contributed by atoms with E-state index < -0.39 is 0 Å². The van der Waals surface area contributed by atoms with Crippen molar-refractivity contribution in [1.82, 2.24) is 0 Å². The van der Waals surface area contributed by atoms with Crippen LogP contribution in [-0.2, 0) is 9.53 Å². The zero-order valence-electron chi connectivity index (χ0n) is 15.3. The van der Waals surface area contributed by atoms with Crippen LogP contribution in [0.15, 0.2) is 36.5 Å². The summed E-state index contributed by atoms with van der Waals surface area (Å²) in [6.07, 6.45) is 27.5. The summed E-state index contributed by atoms with van der Waals surface area (Å²) in [6.45, 7) is 2.27. The molecule has 0 spiro atoms. The molecule has 0 saturated carbocycles. The van der Waals surface area contributed by atoms with Crippen LogP contribution in [0.5, 0.6) is 0 Å². The minimum atomic E-state index is -0.320. The second-order valence-corrected chi connectivity index (χ2v) is 6.02. The van der Waals surface area contributed by atoms with E-state index in [1.54, 1.807) is 6.08 Å². The van der Waals surface area contributed by atoms with Gasteiger partial charge in [0.15, 0.2) is 0 Å². The number of hydrogen-bond acceptors (Lipinski definition) is 2. The maximum Gasteiger partial charge on any atom is 0.330 e. The number of ether oxygens (including phenoxy) is 1. The lowest BCUT2D eigenvalue weighted by Crippen LogP contribution is -1.92. The molecule has 0 amide bonds. The van der Waals surface area contributed by atoms with Gasteiger partial charge in [-0.05, 0) is 12.8 Å². The molecule has 0 radical (unpaired) electrons. The van der Waals surface area contributed by atoms with Crippen LogP contribution in [0.2, 0.25) is 0 Å². The van der Waals surface area contributed by atoms with E-state index in [-0.39, 0.29) is 5.97 Å². The molecule has 0 aromatic heterocycles. The van der Waals surface area contributed by atoms with Gasteiger partial charge in [-0.25, -0.2) is 4.79 Å². The monoisotopic (exact) mass is 320 g/mol. The smallest absolute Gasteiger partial charge is 0.330 e. The van der Waals surface area contributed by atoms with E-state index in [1.165, 1.54) is 83.8 Å². The molecule has 0 aromatic rings. The number of methoxy groups -OCH3 is 1. The predicted octanol–water partition coefficient (Wildman–Crippen LogP) is 6.53. The van der Waals surface area contributed by atoms with Crippen LogP contribution in [0.1, 0.15) is 84.0 Å². The molecular weight excluding hydrogens is 284 g/mol. The Morgan fingerprint density at radius 1 is 0.739 bits per heavy atom. The van der Waals surface area contributed by atoms with Crippen LogP contribution >= 0.6 is 0 Å². The van der Waals surface area contributed by atoms with Gasteiger partial charge in [-0.1, -0.05) is 102 Å². The standard InChI is InChI=1S/C21H36O2/c1-3-4-5-6-7-8-9-10-11-12-13-14-15-16-17-18-19-20-21(22)23-2/h15-20H,3-14H2,1-2H3. The molecule has 23 heavy (non-hydrogen) atoms. The summed E-state index contributed by atoms with van der Waals surface area (Å²) in [7, 11) is 1.38. The summed E-state index contributed by atoms with van der Waals surface area (Å²) >= 11 is 0. The van der Waals surface area contributed by atoms with Crippen molar-refractivity contribution in [2.45, 2.75) is 84.0 Å². The fraction of sp³-hybridized carbons (Fsp3) is 0.667. The maximum atomic E-state index is 10.8. The average Bonchev–Trinajstić information content (AvgIpc) is 2.57. The van der Waals surface area contributed by atoms with Crippen molar-refractivity contribution >= 4 is 5.97 Å². The van der Waals surface area contributed by atoms with Crippen molar-refractivity contribution < 1.29 is 9.53 Å². The molecule has 0 fully saturated rings.